The van der Waals surface area contributed by atoms with Crippen LogP contribution >= 0.6 is 11.8 Å². The largest absolute Gasteiger partial charge is 0.351 e. The Kier molecular flexibility index (Phi) is 4.38. The fourth-order valence-corrected chi connectivity index (χ4v) is 4.00. The molecule has 3 unspecified atom stereocenters. The zero-order valence-corrected chi connectivity index (χ0v) is 13.2. The number of carbonyl (C=O) groups excluding carboxylic acids is 2. The standard InChI is InChI=1S/C16H19FN2O2S/c1-2-15(20)19-9-22-8-14(19)16(21)18-13-7-12(13)10-3-5-11(17)6-4-10/h3-6,12-14H,2,7-9H2,1H3,(H,18,21). The van der Waals surface area contributed by atoms with Gasteiger partial charge in [0.1, 0.15) is 11.9 Å². The number of rotatable bonds is 4. The van der Waals surface area contributed by atoms with Crippen LogP contribution in [0.5, 0.6) is 0 Å². The van der Waals surface area contributed by atoms with Gasteiger partial charge in [0.25, 0.3) is 0 Å². The van der Waals surface area contributed by atoms with Gasteiger partial charge in [0, 0.05) is 24.1 Å². The number of amides is 2. The molecule has 1 saturated heterocycles. The van der Waals surface area contributed by atoms with Crippen LogP contribution in [0.1, 0.15) is 31.2 Å². The van der Waals surface area contributed by atoms with Crippen molar-refractivity contribution in [1.82, 2.24) is 10.2 Å². The van der Waals surface area contributed by atoms with E-state index in [2.05, 4.69) is 5.32 Å². The third-order valence-electron chi connectivity index (χ3n) is 4.22. The molecule has 2 aliphatic rings. The molecule has 4 nitrogen and oxygen atoms in total. The van der Waals surface area contributed by atoms with Crippen LogP contribution in [0.15, 0.2) is 24.3 Å². The van der Waals surface area contributed by atoms with Crippen molar-refractivity contribution in [2.24, 2.45) is 0 Å². The van der Waals surface area contributed by atoms with Crippen molar-refractivity contribution in [3.8, 4) is 0 Å². The van der Waals surface area contributed by atoms with E-state index in [0.29, 0.717) is 18.1 Å². The molecule has 0 spiro atoms. The Balaban J connectivity index is 1.57. The maximum absolute atomic E-state index is 12.9. The zero-order valence-electron chi connectivity index (χ0n) is 12.4. The quantitative estimate of drug-likeness (QED) is 0.924. The first-order valence-corrected chi connectivity index (χ1v) is 8.68. The zero-order chi connectivity index (χ0) is 15.7. The number of thioether (sulfide) groups is 1. The number of nitrogens with one attached hydrogen (secondary N) is 1. The molecule has 1 heterocycles. The number of nitrogens with zero attached hydrogens (tertiary/aromatic N) is 1. The Labute approximate surface area is 133 Å². The maximum atomic E-state index is 12.9. The predicted molar refractivity (Wildman–Crippen MR) is 83.9 cm³/mol. The lowest BCUT2D eigenvalue weighted by Crippen LogP contribution is -2.47. The number of halogens is 1. The number of benzene rings is 1. The molecule has 118 valence electrons. The molecule has 0 bridgehead atoms. The molecule has 1 aliphatic heterocycles. The third-order valence-corrected chi connectivity index (χ3v) is 5.24. The van der Waals surface area contributed by atoms with E-state index in [9.17, 15) is 14.0 Å². The van der Waals surface area contributed by atoms with E-state index in [-0.39, 0.29) is 35.6 Å². The van der Waals surface area contributed by atoms with Gasteiger partial charge in [0.05, 0.1) is 5.88 Å². The van der Waals surface area contributed by atoms with E-state index in [1.165, 1.54) is 12.1 Å². The van der Waals surface area contributed by atoms with E-state index in [0.717, 1.165) is 12.0 Å². The van der Waals surface area contributed by atoms with Crippen molar-refractivity contribution in [1.29, 1.82) is 0 Å². The topological polar surface area (TPSA) is 49.4 Å². The monoisotopic (exact) mass is 322 g/mol. The minimum absolute atomic E-state index is 0.0241. The Morgan fingerprint density at radius 1 is 1.36 bits per heavy atom. The minimum Gasteiger partial charge on any atom is -0.351 e. The Morgan fingerprint density at radius 3 is 2.77 bits per heavy atom. The second-order valence-corrected chi connectivity index (χ2v) is 6.74. The highest BCUT2D eigenvalue weighted by molar-refractivity contribution is 7.99. The summed E-state index contributed by atoms with van der Waals surface area (Å²) in [4.78, 5) is 25.9. The molecule has 0 radical (unpaired) electrons. The summed E-state index contributed by atoms with van der Waals surface area (Å²) in [6, 6.07) is 6.17. The molecule has 1 N–H and O–H groups in total. The fourth-order valence-electron chi connectivity index (χ4n) is 2.82. The Hall–Kier alpha value is -1.56. The molecule has 0 aromatic heterocycles. The van der Waals surface area contributed by atoms with Gasteiger partial charge in [-0.2, -0.15) is 0 Å². The lowest BCUT2D eigenvalue weighted by atomic mass is 10.1. The van der Waals surface area contributed by atoms with E-state index >= 15 is 0 Å². The summed E-state index contributed by atoms with van der Waals surface area (Å²) in [7, 11) is 0. The highest BCUT2D eigenvalue weighted by atomic mass is 32.2. The van der Waals surface area contributed by atoms with E-state index in [4.69, 9.17) is 0 Å². The van der Waals surface area contributed by atoms with Gasteiger partial charge in [0.15, 0.2) is 0 Å². The smallest absolute Gasteiger partial charge is 0.243 e. The lowest BCUT2D eigenvalue weighted by Gasteiger charge is -2.22. The minimum atomic E-state index is -0.355. The number of hydrogen-bond acceptors (Lipinski definition) is 3. The molecule has 1 aromatic rings. The molecular weight excluding hydrogens is 303 g/mol. The van der Waals surface area contributed by atoms with Gasteiger partial charge in [0.2, 0.25) is 11.8 Å². The van der Waals surface area contributed by atoms with Crippen LogP contribution in [-0.4, -0.2) is 40.4 Å². The summed E-state index contributed by atoms with van der Waals surface area (Å²) in [6.07, 6.45) is 1.30. The molecule has 1 saturated carbocycles. The van der Waals surface area contributed by atoms with Crippen LogP contribution in [0.25, 0.3) is 0 Å². The second-order valence-electron chi connectivity index (χ2n) is 5.74. The van der Waals surface area contributed by atoms with Gasteiger partial charge >= 0.3 is 0 Å². The number of hydrogen-bond donors (Lipinski definition) is 1. The summed E-state index contributed by atoms with van der Waals surface area (Å²) >= 11 is 1.61. The van der Waals surface area contributed by atoms with E-state index < -0.39 is 0 Å². The van der Waals surface area contributed by atoms with Crippen LogP contribution < -0.4 is 5.32 Å². The second kappa shape index (κ2) is 6.28. The van der Waals surface area contributed by atoms with Crippen molar-refractivity contribution >= 4 is 23.6 Å². The molecule has 2 amide bonds. The molecule has 3 atom stereocenters. The predicted octanol–water partition coefficient (Wildman–Crippen LogP) is 2.11. The Bertz CT molecular complexity index is 578. The van der Waals surface area contributed by atoms with E-state index in [1.54, 1.807) is 28.8 Å². The van der Waals surface area contributed by atoms with Gasteiger partial charge < -0.3 is 10.2 Å². The third kappa shape index (κ3) is 3.11. The van der Waals surface area contributed by atoms with Crippen molar-refractivity contribution in [2.75, 3.05) is 11.6 Å². The first kappa shape index (κ1) is 15.3. The normalized spacial score (nSPS) is 26.8. The maximum Gasteiger partial charge on any atom is 0.243 e. The average molecular weight is 322 g/mol. The first-order valence-electron chi connectivity index (χ1n) is 7.53. The van der Waals surface area contributed by atoms with Crippen LogP contribution in [-0.2, 0) is 9.59 Å². The fraction of sp³-hybridized carbons (Fsp3) is 0.500. The SMILES string of the molecule is CCC(=O)N1CSCC1C(=O)NC1CC1c1ccc(F)cc1. The summed E-state index contributed by atoms with van der Waals surface area (Å²) in [5, 5.41) is 3.03. The summed E-state index contributed by atoms with van der Waals surface area (Å²) in [6.45, 7) is 1.81. The molecule has 1 aromatic carbocycles. The summed E-state index contributed by atoms with van der Waals surface area (Å²) < 4.78 is 12.9. The molecule has 6 heteroatoms. The van der Waals surface area contributed by atoms with Gasteiger partial charge in [-0.05, 0) is 24.1 Å². The highest BCUT2D eigenvalue weighted by Gasteiger charge is 2.42. The molecule has 1 aliphatic carbocycles. The van der Waals surface area contributed by atoms with Crippen molar-refractivity contribution in [2.45, 2.75) is 37.8 Å². The van der Waals surface area contributed by atoms with Gasteiger partial charge in [-0.1, -0.05) is 19.1 Å². The molecule has 3 rings (SSSR count). The summed E-state index contributed by atoms with van der Waals surface area (Å²) in [5.74, 6) is 1.22. The highest BCUT2D eigenvalue weighted by Crippen LogP contribution is 2.41. The van der Waals surface area contributed by atoms with Gasteiger partial charge in [-0.15, -0.1) is 11.8 Å². The number of carbonyl (C=O) groups is 2. The van der Waals surface area contributed by atoms with E-state index in [1.807, 2.05) is 6.92 Å². The van der Waals surface area contributed by atoms with Crippen molar-refractivity contribution in [3.05, 3.63) is 35.6 Å². The van der Waals surface area contributed by atoms with Gasteiger partial charge in [-0.3, -0.25) is 9.59 Å². The average Bonchev–Trinajstić information content (AvgIpc) is 3.10. The summed E-state index contributed by atoms with van der Waals surface area (Å²) in [5.41, 5.74) is 1.05. The van der Waals surface area contributed by atoms with Crippen molar-refractivity contribution < 1.29 is 14.0 Å². The van der Waals surface area contributed by atoms with Crippen LogP contribution in [0, 0.1) is 5.82 Å². The molecule has 22 heavy (non-hydrogen) atoms. The van der Waals surface area contributed by atoms with Crippen LogP contribution in [0.2, 0.25) is 0 Å². The van der Waals surface area contributed by atoms with Crippen molar-refractivity contribution in [3.63, 3.8) is 0 Å². The molecular formula is C16H19FN2O2S. The van der Waals surface area contributed by atoms with Crippen LogP contribution in [0.4, 0.5) is 4.39 Å². The molecule has 2 fully saturated rings. The Morgan fingerprint density at radius 2 is 2.09 bits per heavy atom. The first-order chi connectivity index (χ1) is 10.6. The van der Waals surface area contributed by atoms with Gasteiger partial charge in [-0.25, -0.2) is 4.39 Å². The lowest BCUT2D eigenvalue weighted by molar-refractivity contribution is -0.137. The van der Waals surface area contributed by atoms with Crippen LogP contribution in [0.3, 0.4) is 0 Å².